The number of ether oxygens (including phenoxy) is 2. The molecule has 1 aliphatic heterocycles. The normalized spacial score (nSPS) is 21.6. The second-order valence-corrected chi connectivity index (χ2v) is 16.7. The van der Waals surface area contributed by atoms with Crippen molar-refractivity contribution >= 4 is 37.4 Å². The minimum Gasteiger partial charge on any atom is -0.539 e. The van der Waals surface area contributed by atoms with E-state index in [0.29, 0.717) is 18.4 Å². The first-order valence-electron chi connectivity index (χ1n) is 11.0. The molecule has 0 aromatic carbocycles. The molecular weight excluding hydrogens is 458 g/mol. The van der Waals surface area contributed by atoms with Crippen LogP contribution < -0.4 is 4.74 Å². The van der Waals surface area contributed by atoms with Crippen LogP contribution in [-0.4, -0.2) is 49.7 Å². The molecule has 0 radical (unpaired) electrons. The van der Waals surface area contributed by atoms with Crippen LogP contribution in [0.1, 0.15) is 31.9 Å². The Morgan fingerprint density at radius 1 is 1.28 bits per heavy atom. The minimum atomic E-state index is -1.80. The number of hydrogen-bond donors (Lipinski definition) is 0. The molecule has 0 N–H and O–H groups in total. The molecule has 5 nitrogen and oxygen atoms in total. The van der Waals surface area contributed by atoms with Gasteiger partial charge in [0, 0.05) is 24.2 Å². The van der Waals surface area contributed by atoms with E-state index in [1.807, 2.05) is 6.92 Å². The Kier molecular flexibility index (Phi) is 8.19. The number of oxazole rings is 1. The maximum absolute atomic E-state index is 6.33. The lowest BCUT2D eigenvalue weighted by atomic mass is 9.87. The van der Waals surface area contributed by atoms with Crippen LogP contribution in [0.15, 0.2) is 21.8 Å². The van der Waals surface area contributed by atoms with Crippen LogP contribution in [0.2, 0.25) is 19.6 Å². The van der Waals surface area contributed by atoms with Crippen LogP contribution in [0, 0.1) is 30.6 Å². The second-order valence-electron chi connectivity index (χ2n) is 9.23. The Morgan fingerprint density at radius 3 is 2.53 bits per heavy atom. The summed E-state index contributed by atoms with van der Waals surface area (Å²) in [6.45, 7) is 13.3. The van der Waals surface area contributed by atoms with Crippen molar-refractivity contribution in [3.63, 3.8) is 0 Å². The molecule has 1 spiro atoms. The largest absolute Gasteiger partial charge is 0.539 e. The summed E-state index contributed by atoms with van der Waals surface area (Å²) in [4.78, 5) is 4.74. The summed E-state index contributed by atoms with van der Waals surface area (Å²) < 4.78 is 23.0. The van der Waals surface area contributed by atoms with Gasteiger partial charge in [-0.2, -0.15) is 0 Å². The fourth-order valence-electron chi connectivity index (χ4n) is 4.25. The summed E-state index contributed by atoms with van der Waals surface area (Å²) in [7, 11) is 1.48. The van der Waals surface area contributed by atoms with Crippen LogP contribution in [0.4, 0.5) is 0 Å². The first kappa shape index (κ1) is 25.4. The number of rotatable bonds is 7. The van der Waals surface area contributed by atoms with Gasteiger partial charge >= 0.3 is 5.95 Å². The molecule has 0 saturated carbocycles. The van der Waals surface area contributed by atoms with E-state index in [0.717, 1.165) is 17.9 Å². The molecule has 0 amide bonds. The van der Waals surface area contributed by atoms with Gasteiger partial charge in [0.2, 0.25) is 14.2 Å². The summed E-state index contributed by atoms with van der Waals surface area (Å²) in [6, 6.07) is 0. The van der Waals surface area contributed by atoms with Gasteiger partial charge in [-0.25, -0.2) is 4.98 Å². The first-order valence-corrected chi connectivity index (χ1v) is 16.4. The Hall–Kier alpha value is -1.27. The van der Waals surface area contributed by atoms with Gasteiger partial charge in [0.05, 0.1) is 11.2 Å². The average Bonchev–Trinajstić information content (AvgIpc) is 3.40. The van der Waals surface area contributed by atoms with Gasteiger partial charge in [-0.1, -0.05) is 12.8 Å². The molecule has 2 aliphatic rings. The van der Waals surface area contributed by atoms with Gasteiger partial charge in [0.15, 0.2) is 5.76 Å². The van der Waals surface area contributed by atoms with Crippen molar-refractivity contribution in [2.45, 2.75) is 50.9 Å². The van der Waals surface area contributed by atoms with E-state index in [-0.39, 0.29) is 15.9 Å². The molecule has 0 bridgehead atoms. The Morgan fingerprint density at radius 2 is 1.97 bits per heavy atom. The SMILES string of the molecule is COCC#C/C(=C\C(C)C1CC2(SCCS2)C(C)=C1c1nc(C)c(OC)o1)O[Si](C)(C)C. The molecule has 1 saturated heterocycles. The first-order chi connectivity index (χ1) is 15.1. The number of hydrogen-bond acceptors (Lipinski definition) is 7. The van der Waals surface area contributed by atoms with E-state index < -0.39 is 8.32 Å². The molecule has 3 rings (SSSR count). The maximum atomic E-state index is 6.33. The zero-order chi connectivity index (χ0) is 23.5. The van der Waals surface area contributed by atoms with E-state index in [1.54, 1.807) is 14.2 Å². The second kappa shape index (κ2) is 10.3. The van der Waals surface area contributed by atoms with Crippen molar-refractivity contribution < 1.29 is 18.3 Å². The molecule has 1 aromatic heterocycles. The maximum Gasteiger partial charge on any atom is 0.308 e. The molecule has 176 valence electrons. The molecule has 8 heteroatoms. The van der Waals surface area contributed by atoms with Crippen LogP contribution in [0.5, 0.6) is 5.95 Å². The van der Waals surface area contributed by atoms with Crippen molar-refractivity contribution in [2.24, 2.45) is 11.8 Å². The summed E-state index contributed by atoms with van der Waals surface area (Å²) in [5.41, 5.74) is 3.36. The summed E-state index contributed by atoms with van der Waals surface area (Å²) in [5.74, 6) is 11.0. The highest BCUT2D eigenvalue weighted by molar-refractivity contribution is 8.21. The van der Waals surface area contributed by atoms with Crippen molar-refractivity contribution in [1.82, 2.24) is 4.98 Å². The minimum absolute atomic E-state index is 0.0965. The molecule has 1 fully saturated rings. The van der Waals surface area contributed by atoms with Gasteiger partial charge < -0.3 is 18.3 Å². The standard InChI is InChI=1S/C24H35NO4S2Si/c1-16(14-19(10-9-11-26-4)29-32(6,7)8)20-15-24(30-12-13-31-24)17(2)21(20)22-25-18(3)23(27-5)28-22/h14,16,20H,11-13,15H2,1-8H3/b19-14+. The molecule has 2 unspecified atom stereocenters. The van der Waals surface area contributed by atoms with Gasteiger partial charge in [0.25, 0.3) is 0 Å². The molecule has 32 heavy (non-hydrogen) atoms. The fraction of sp³-hybridized carbons (Fsp3) is 0.625. The number of thioether (sulfide) groups is 2. The molecule has 1 aromatic rings. The fourth-order valence-corrected chi connectivity index (χ4v) is 8.44. The van der Waals surface area contributed by atoms with Crippen LogP contribution in [0.3, 0.4) is 0 Å². The number of aromatic nitrogens is 1. The van der Waals surface area contributed by atoms with Gasteiger partial charge in [0.1, 0.15) is 12.3 Å². The molecular formula is C24H35NO4S2Si. The zero-order valence-corrected chi connectivity index (χ0v) is 23.1. The van der Waals surface area contributed by atoms with Crippen molar-refractivity contribution in [3.8, 4) is 17.8 Å². The third-order valence-electron chi connectivity index (χ3n) is 5.65. The smallest absolute Gasteiger partial charge is 0.308 e. The van der Waals surface area contributed by atoms with Crippen molar-refractivity contribution in [2.75, 3.05) is 32.3 Å². The van der Waals surface area contributed by atoms with Gasteiger partial charge in [-0.15, -0.1) is 23.5 Å². The van der Waals surface area contributed by atoms with E-state index >= 15 is 0 Å². The zero-order valence-electron chi connectivity index (χ0n) is 20.5. The highest BCUT2D eigenvalue weighted by atomic mass is 32.2. The van der Waals surface area contributed by atoms with Crippen LogP contribution in [0.25, 0.3) is 5.57 Å². The Balaban J connectivity index is 2.01. The van der Waals surface area contributed by atoms with E-state index in [9.17, 15) is 0 Å². The molecule has 2 heterocycles. The number of methoxy groups -OCH3 is 2. The topological polar surface area (TPSA) is 53.7 Å². The predicted molar refractivity (Wildman–Crippen MR) is 137 cm³/mol. The Labute approximate surface area is 202 Å². The average molecular weight is 494 g/mol. The monoisotopic (exact) mass is 493 g/mol. The highest BCUT2D eigenvalue weighted by Crippen LogP contribution is 2.62. The number of aryl methyl sites for hydroxylation is 1. The van der Waals surface area contributed by atoms with Crippen molar-refractivity contribution in [3.05, 3.63) is 29.0 Å². The summed E-state index contributed by atoms with van der Waals surface area (Å²) >= 11 is 4.11. The number of nitrogens with zero attached hydrogens (tertiary/aromatic N) is 1. The Bertz CT molecular complexity index is 945. The molecule has 1 aliphatic carbocycles. The lowest BCUT2D eigenvalue weighted by Crippen LogP contribution is -2.25. The van der Waals surface area contributed by atoms with Crippen molar-refractivity contribution in [1.29, 1.82) is 0 Å². The molecule has 2 atom stereocenters. The third-order valence-corrected chi connectivity index (χ3v) is 10.1. The van der Waals surface area contributed by atoms with E-state index in [4.69, 9.17) is 23.3 Å². The summed E-state index contributed by atoms with van der Waals surface area (Å²) in [5, 5.41) is 0. The third kappa shape index (κ3) is 5.61. The number of allylic oxidation sites excluding steroid dienone is 3. The van der Waals surface area contributed by atoms with E-state index in [1.165, 1.54) is 22.7 Å². The predicted octanol–water partition coefficient (Wildman–Crippen LogP) is 5.98. The lowest BCUT2D eigenvalue weighted by Gasteiger charge is -2.26. The van der Waals surface area contributed by atoms with Gasteiger partial charge in [-0.3, -0.25) is 0 Å². The van der Waals surface area contributed by atoms with E-state index in [2.05, 4.69) is 74.9 Å². The lowest BCUT2D eigenvalue weighted by molar-refractivity contribution is 0.239. The quantitative estimate of drug-likeness (QED) is 0.263. The van der Waals surface area contributed by atoms with Crippen LogP contribution in [-0.2, 0) is 9.16 Å². The highest BCUT2D eigenvalue weighted by Gasteiger charge is 2.49. The summed E-state index contributed by atoms with van der Waals surface area (Å²) in [6.07, 6.45) is 3.24. The van der Waals surface area contributed by atoms with Crippen LogP contribution >= 0.6 is 23.5 Å². The van der Waals surface area contributed by atoms with Gasteiger partial charge in [-0.05, 0) is 69.3 Å².